The normalized spacial score (nSPS) is 17.8. The average molecular weight is 504 g/mol. The fraction of sp³-hybridized carbons (Fsp3) is 0.353. The number of nitrogens with one attached hydrogen (secondary N) is 1. The van der Waals surface area contributed by atoms with Crippen LogP contribution in [-0.2, 0) is 40.6 Å². The highest BCUT2D eigenvalue weighted by molar-refractivity contribution is 7.89. The zero-order valence-electron chi connectivity index (χ0n) is 16.7. The zero-order chi connectivity index (χ0) is 23.4. The Bertz CT molecular complexity index is 1150. The van der Waals surface area contributed by atoms with Crippen LogP contribution in [0.4, 0.5) is 0 Å². The van der Waals surface area contributed by atoms with E-state index in [4.69, 9.17) is 5.14 Å². The quantitative estimate of drug-likeness (QED) is 0.456. The fourth-order valence-electron chi connectivity index (χ4n) is 3.05. The van der Waals surface area contributed by atoms with Gasteiger partial charge >= 0.3 is 10.3 Å². The molecule has 1 fully saturated rings. The Kier molecular flexibility index (Phi) is 7.58. The molecule has 1 saturated heterocycles. The average Bonchev–Trinajstić information content (AvgIpc) is 3.31. The van der Waals surface area contributed by atoms with Crippen LogP contribution in [0.1, 0.15) is 5.69 Å². The number of hydrogen-bond donors (Lipinski definition) is 2. The van der Waals surface area contributed by atoms with E-state index in [0.717, 1.165) is 9.21 Å². The van der Waals surface area contributed by atoms with Gasteiger partial charge in [-0.1, -0.05) is 6.07 Å². The number of carbonyl (C=O) groups is 2. The topological polar surface area (TPSA) is 169 Å². The van der Waals surface area contributed by atoms with Crippen LogP contribution in [-0.4, -0.2) is 75.1 Å². The van der Waals surface area contributed by atoms with Crippen molar-refractivity contribution in [3.8, 4) is 0 Å². The molecule has 12 nitrogen and oxygen atoms in total. The summed E-state index contributed by atoms with van der Waals surface area (Å²) in [5.41, 5.74) is 0.568. The Morgan fingerprint density at radius 1 is 1.22 bits per heavy atom. The molecular formula is C17H21N5O7S3. The van der Waals surface area contributed by atoms with Gasteiger partial charge in [0.1, 0.15) is 12.6 Å². The van der Waals surface area contributed by atoms with E-state index in [9.17, 15) is 26.4 Å². The molecule has 32 heavy (non-hydrogen) atoms. The van der Waals surface area contributed by atoms with Gasteiger partial charge in [-0.3, -0.25) is 14.6 Å². The molecule has 0 unspecified atom stereocenters. The Balaban J connectivity index is 1.79. The second kappa shape index (κ2) is 10.0. The summed E-state index contributed by atoms with van der Waals surface area (Å²) in [6.45, 7) is -1.30. The Hall–Kier alpha value is -2.43. The predicted octanol–water partition coefficient (Wildman–Crippen LogP) is -1.12. The second-order valence-corrected chi connectivity index (χ2v) is 10.6. The van der Waals surface area contributed by atoms with Gasteiger partial charge in [0.2, 0.25) is 21.8 Å². The standard InChI is InChI=1S/C17H21N5O7S3/c18-32(27,28)29-11-16(23)21-6-7-22(31(25,26)14-4-8-30-12-14)15(10-21)17(24)20-9-13-3-1-2-5-19-13/h1-5,8,12,15H,6-7,9-11H2,(H,20,24)(H2,18,27,28)/t15-/m0/s1. The lowest BCUT2D eigenvalue weighted by atomic mass is 10.2. The molecule has 2 amide bonds. The smallest absolute Gasteiger partial charge is 0.333 e. The number of nitrogens with two attached hydrogens (primary N) is 1. The largest absolute Gasteiger partial charge is 0.349 e. The van der Waals surface area contributed by atoms with Crippen molar-refractivity contribution in [2.24, 2.45) is 5.14 Å². The second-order valence-electron chi connectivity index (χ2n) is 6.72. The molecule has 15 heteroatoms. The lowest BCUT2D eigenvalue weighted by Gasteiger charge is -2.39. The summed E-state index contributed by atoms with van der Waals surface area (Å²) < 4.78 is 53.4. The van der Waals surface area contributed by atoms with E-state index in [1.54, 1.807) is 29.8 Å². The molecule has 1 atom stereocenters. The molecule has 0 aromatic carbocycles. The summed E-state index contributed by atoms with van der Waals surface area (Å²) in [7, 11) is -8.33. The molecule has 0 bridgehead atoms. The van der Waals surface area contributed by atoms with Crippen molar-refractivity contribution in [3.63, 3.8) is 0 Å². The Labute approximate surface area is 189 Å². The maximum absolute atomic E-state index is 13.1. The molecule has 3 N–H and O–H groups in total. The molecule has 0 radical (unpaired) electrons. The van der Waals surface area contributed by atoms with E-state index >= 15 is 0 Å². The summed E-state index contributed by atoms with van der Waals surface area (Å²) >= 11 is 1.20. The van der Waals surface area contributed by atoms with Gasteiger partial charge in [0, 0.05) is 31.2 Å². The predicted molar refractivity (Wildman–Crippen MR) is 114 cm³/mol. The van der Waals surface area contributed by atoms with Gasteiger partial charge in [0.05, 0.1) is 17.1 Å². The van der Waals surface area contributed by atoms with Crippen LogP contribution >= 0.6 is 11.3 Å². The molecular weight excluding hydrogens is 482 g/mol. The molecule has 0 spiro atoms. The van der Waals surface area contributed by atoms with E-state index in [1.165, 1.54) is 22.8 Å². The molecule has 2 aromatic rings. The first-order valence-corrected chi connectivity index (χ1v) is 13.1. The summed E-state index contributed by atoms with van der Waals surface area (Å²) in [6.07, 6.45) is 1.56. The van der Waals surface area contributed by atoms with E-state index in [1.807, 2.05) is 0 Å². The number of thiophene rings is 1. The van der Waals surface area contributed by atoms with Crippen molar-refractivity contribution < 1.29 is 30.6 Å². The highest BCUT2D eigenvalue weighted by atomic mass is 32.2. The van der Waals surface area contributed by atoms with Crippen LogP contribution < -0.4 is 10.5 Å². The molecule has 1 aliphatic heterocycles. The first-order chi connectivity index (χ1) is 15.1. The number of pyridine rings is 1. The number of hydrogen-bond acceptors (Lipinski definition) is 9. The van der Waals surface area contributed by atoms with Gasteiger partial charge in [0.15, 0.2) is 0 Å². The minimum atomic E-state index is -4.33. The Morgan fingerprint density at radius 2 is 2.00 bits per heavy atom. The van der Waals surface area contributed by atoms with E-state index in [0.29, 0.717) is 5.69 Å². The van der Waals surface area contributed by atoms with Crippen molar-refractivity contribution >= 4 is 43.5 Å². The number of rotatable bonds is 8. The molecule has 2 aromatic heterocycles. The third kappa shape index (κ3) is 6.08. The van der Waals surface area contributed by atoms with Crippen molar-refractivity contribution in [2.45, 2.75) is 17.5 Å². The van der Waals surface area contributed by atoms with E-state index in [-0.39, 0.29) is 31.1 Å². The first-order valence-electron chi connectivity index (χ1n) is 9.24. The van der Waals surface area contributed by atoms with Gasteiger partial charge in [-0.25, -0.2) is 17.7 Å². The number of sulfonamides is 1. The van der Waals surface area contributed by atoms with Crippen LogP contribution in [0.5, 0.6) is 0 Å². The minimum Gasteiger partial charge on any atom is -0.349 e. The molecule has 3 rings (SSSR count). The van der Waals surface area contributed by atoms with Crippen molar-refractivity contribution in [1.82, 2.24) is 19.5 Å². The summed E-state index contributed by atoms with van der Waals surface area (Å²) in [6, 6.07) is 5.35. The van der Waals surface area contributed by atoms with Crippen molar-refractivity contribution in [2.75, 3.05) is 26.2 Å². The summed E-state index contributed by atoms with van der Waals surface area (Å²) in [5.74, 6) is -1.37. The van der Waals surface area contributed by atoms with Gasteiger partial charge in [-0.2, -0.15) is 24.1 Å². The molecule has 3 heterocycles. The third-order valence-corrected chi connectivity index (χ3v) is 7.79. The monoisotopic (exact) mass is 503 g/mol. The number of carbonyl (C=O) groups excluding carboxylic acids is 2. The molecule has 174 valence electrons. The molecule has 1 aliphatic rings. The van der Waals surface area contributed by atoms with Crippen molar-refractivity contribution in [1.29, 1.82) is 0 Å². The van der Waals surface area contributed by atoms with E-state index < -0.39 is 44.8 Å². The SMILES string of the molecule is NS(=O)(=O)OCC(=O)N1CCN(S(=O)(=O)c2ccsc2)[C@H](C(=O)NCc2ccccn2)C1. The lowest BCUT2D eigenvalue weighted by molar-refractivity contribution is -0.137. The van der Waals surface area contributed by atoms with Crippen LogP contribution in [0.3, 0.4) is 0 Å². The van der Waals surface area contributed by atoms with Crippen LogP contribution in [0.15, 0.2) is 46.1 Å². The van der Waals surface area contributed by atoms with Gasteiger partial charge < -0.3 is 10.2 Å². The summed E-state index contributed by atoms with van der Waals surface area (Å²) in [5, 5.41) is 10.4. The zero-order valence-corrected chi connectivity index (χ0v) is 19.1. The maximum Gasteiger partial charge on any atom is 0.333 e. The van der Waals surface area contributed by atoms with Crippen LogP contribution in [0, 0.1) is 0 Å². The van der Waals surface area contributed by atoms with Gasteiger partial charge in [-0.15, -0.1) is 0 Å². The third-order valence-electron chi connectivity index (χ3n) is 4.60. The number of amides is 2. The first kappa shape index (κ1) is 24.2. The van der Waals surface area contributed by atoms with Gasteiger partial charge in [-0.05, 0) is 23.6 Å². The Morgan fingerprint density at radius 3 is 2.62 bits per heavy atom. The number of aromatic nitrogens is 1. The van der Waals surface area contributed by atoms with Crippen molar-refractivity contribution in [3.05, 3.63) is 46.9 Å². The number of nitrogens with zero attached hydrogens (tertiary/aromatic N) is 3. The highest BCUT2D eigenvalue weighted by Crippen LogP contribution is 2.23. The fourth-order valence-corrected chi connectivity index (χ4v) is 5.90. The molecule has 0 saturated carbocycles. The summed E-state index contributed by atoms with van der Waals surface area (Å²) in [4.78, 5) is 30.6. The minimum absolute atomic E-state index is 0.0439. The van der Waals surface area contributed by atoms with Crippen LogP contribution in [0.25, 0.3) is 0 Å². The number of piperazine rings is 1. The molecule has 0 aliphatic carbocycles. The van der Waals surface area contributed by atoms with Gasteiger partial charge in [0.25, 0.3) is 0 Å². The lowest BCUT2D eigenvalue weighted by Crippen LogP contribution is -2.61. The maximum atomic E-state index is 13.1. The highest BCUT2D eigenvalue weighted by Gasteiger charge is 2.41. The van der Waals surface area contributed by atoms with E-state index in [2.05, 4.69) is 14.5 Å². The van der Waals surface area contributed by atoms with Crippen LogP contribution in [0.2, 0.25) is 0 Å².